The van der Waals surface area contributed by atoms with Gasteiger partial charge in [0.25, 0.3) is 5.56 Å². The number of hydrogen-bond donors (Lipinski definition) is 2. The second-order valence-corrected chi connectivity index (χ2v) is 8.34. The molecule has 0 bridgehead atoms. The molecule has 4 rings (SSSR count). The first-order valence-corrected chi connectivity index (χ1v) is 11.6. The Balaban J connectivity index is 1.71. The largest absolute Gasteiger partial charge is 0.382 e. The van der Waals surface area contributed by atoms with Crippen molar-refractivity contribution in [3.63, 3.8) is 0 Å². The highest BCUT2D eigenvalue weighted by Crippen LogP contribution is 2.30. The van der Waals surface area contributed by atoms with E-state index in [-0.39, 0.29) is 23.5 Å². The maximum atomic E-state index is 12.4. The summed E-state index contributed by atoms with van der Waals surface area (Å²) >= 11 is 0. The Labute approximate surface area is 198 Å². The van der Waals surface area contributed by atoms with Gasteiger partial charge in [-0.15, -0.1) is 0 Å². The van der Waals surface area contributed by atoms with Crippen molar-refractivity contribution in [2.24, 2.45) is 5.73 Å². The van der Waals surface area contributed by atoms with Crippen molar-refractivity contribution in [3.8, 4) is 34.0 Å². The molecular formula is C26H30N6O2. The normalized spacial score (nSPS) is 12.3. The Morgan fingerprint density at radius 3 is 2.53 bits per heavy atom. The lowest BCUT2D eigenvalue weighted by atomic mass is 10.0. The highest BCUT2D eigenvalue weighted by atomic mass is 16.5. The van der Waals surface area contributed by atoms with Gasteiger partial charge in [0.1, 0.15) is 5.69 Å². The molecule has 176 valence electrons. The Morgan fingerprint density at radius 1 is 1.00 bits per heavy atom. The summed E-state index contributed by atoms with van der Waals surface area (Å²) in [6, 6.07) is 13.1. The fraction of sp³-hybridized carbons (Fsp3) is 0.308. The van der Waals surface area contributed by atoms with Crippen molar-refractivity contribution in [2.45, 2.75) is 52.1 Å². The molecule has 3 heterocycles. The van der Waals surface area contributed by atoms with Crippen LogP contribution < -0.4 is 17.0 Å². The molecule has 0 amide bonds. The number of aromatic nitrogens is 4. The van der Waals surface area contributed by atoms with Gasteiger partial charge in [0.15, 0.2) is 17.3 Å². The van der Waals surface area contributed by atoms with Crippen LogP contribution in [0.4, 0.5) is 5.82 Å². The molecule has 34 heavy (non-hydrogen) atoms. The van der Waals surface area contributed by atoms with Gasteiger partial charge < -0.3 is 20.6 Å². The van der Waals surface area contributed by atoms with E-state index in [1.807, 2.05) is 30.5 Å². The molecule has 0 spiro atoms. The number of nitrogens with zero attached hydrogens (tertiary/aromatic N) is 4. The Bertz CT molecular complexity index is 1340. The van der Waals surface area contributed by atoms with E-state index in [0.717, 1.165) is 36.0 Å². The second kappa shape index (κ2) is 10.0. The van der Waals surface area contributed by atoms with E-state index in [4.69, 9.17) is 21.0 Å². The second-order valence-electron chi connectivity index (χ2n) is 8.34. The van der Waals surface area contributed by atoms with Crippen LogP contribution >= 0.6 is 0 Å². The van der Waals surface area contributed by atoms with Gasteiger partial charge in [-0.1, -0.05) is 44.1 Å². The standard InChI is InChI=1S/C26H30N6O2/c1-4-19(5-2)32-15-18(10-11-24(32)33)22-14-29-26(28)25(30-22)23-13-21(31-34-23)17-9-7-8-16(12-17)20(27)6-3/h7-15,19-20H,4-6,27H2,1-3H3,(H2,28,29). The molecule has 4 N–H and O–H groups in total. The molecule has 0 aliphatic rings. The lowest BCUT2D eigenvalue weighted by molar-refractivity contribution is 0.433. The minimum atomic E-state index is -0.0361. The zero-order chi connectivity index (χ0) is 24.2. The van der Waals surface area contributed by atoms with Crippen LogP contribution in [0.15, 0.2) is 64.2 Å². The zero-order valence-electron chi connectivity index (χ0n) is 19.7. The fourth-order valence-electron chi connectivity index (χ4n) is 4.03. The molecule has 0 aliphatic carbocycles. The van der Waals surface area contributed by atoms with E-state index < -0.39 is 0 Å². The van der Waals surface area contributed by atoms with Crippen molar-refractivity contribution in [1.82, 2.24) is 19.7 Å². The van der Waals surface area contributed by atoms with E-state index in [2.05, 4.69) is 30.9 Å². The minimum Gasteiger partial charge on any atom is -0.382 e. The number of pyridine rings is 1. The molecule has 1 unspecified atom stereocenters. The first kappa shape index (κ1) is 23.4. The molecule has 0 saturated carbocycles. The summed E-state index contributed by atoms with van der Waals surface area (Å²) in [5.74, 6) is 0.655. The van der Waals surface area contributed by atoms with E-state index in [9.17, 15) is 4.79 Å². The van der Waals surface area contributed by atoms with E-state index in [1.54, 1.807) is 29.0 Å². The van der Waals surface area contributed by atoms with Gasteiger partial charge in [-0.3, -0.25) is 4.79 Å². The van der Waals surface area contributed by atoms with Crippen molar-refractivity contribution in [1.29, 1.82) is 0 Å². The summed E-state index contributed by atoms with van der Waals surface area (Å²) < 4.78 is 7.36. The topological polar surface area (TPSA) is 126 Å². The molecular weight excluding hydrogens is 428 g/mol. The van der Waals surface area contributed by atoms with Gasteiger partial charge in [-0.25, -0.2) is 9.97 Å². The summed E-state index contributed by atoms with van der Waals surface area (Å²) in [4.78, 5) is 21.4. The third-order valence-electron chi connectivity index (χ3n) is 6.16. The van der Waals surface area contributed by atoms with Crippen molar-refractivity contribution >= 4 is 5.82 Å². The van der Waals surface area contributed by atoms with Gasteiger partial charge in [0.2, 0.25) is 0 Å². The monoisotopic (exact) mass is 458 g/mol. The maximum absolute atomic E-state index is 12.4. The van der Waals surface area contributed by atoms with Gasteiger partial charge >= 0.3 is 0 Å². The molecule has 8 nitrogen and oxygen atoms in total. The predicted octanol–water partition coefficient (Wildman–Crippen LogP) is 4.98. The first-order chi connectivity index (χ1) is 16.4. The molecule has 3 aromatic heterocycles. The SMILES string of the molecule is CCC(N)c1cccc(-c2cc(-c3nc(-c4ccc(=O)n(C(CC)CC)c4)cnc3N)on2)c1. The molecule has 4 aromatic rings. The molecule has 0 aliphatic heterocycles. The van der Waals surface area contributed by atoms with Gasteiger partial charge in [0, 0.05) is 41.5 Å². The van der Waals surface area contributed by atoms with Crippen LogP contribution in [0.5, 0.6) is 0 Å². The number of nitrogen functional groups attached to an aromatic ring is 1. The number of nitrogens with two attached hydrogens (primary N) is 2. The Morgan fingerprint density at radius 2 is 1.79 bits per heavy atom. The van der Waals surface area contributed by atoms with E-state index in [1.165, 1.54) is 0 Å². The van der Waals surface area contributed by atoms with Crippen LogP contribution in [-0.4, -0.2) is 19.7 Å². The third-order valence-corrected chi connectivity index (χ3v) is 6.16. The summed E-state index contributed by atoms with van der Waals surface area (Å²) in [5.41, 5.74) is 16.7. The lowest BCUT2D eigenvalue weighted by Crippen LogP contribution is -2.23. The van der Waals surface area contributed by atoms with Crippen LogP contribution in [0.25, 0.3) is 34.0 Å². The molecule has 0 saturated heterocycles. The average Bonchev–Trinajstić information content (AvgIpc) is 3.36. The highest BCUT2D eigenvalue weighted by Gasteiger charge is 2.17. The number of anilines is 1. The van der Waals surface area contributed by atoms with Crippen LogP contribution in [0.1, 0.15) is 57.7 Å². The Kier molecular flexibility index (Phi) is 6.88. The van der Waals surface area contributed by atoms with Gasteiger partial charge in [-0.05, 0) is 37.0 Å². The van der Waals surface area contributed by atoms with Crippen LogP contribution in [-0.2, 0) is 0 Å². The number of hydrogen-bond acceptors (Lipinski definition) is 7. The summed E-state index contributed by atoms with van der Waals surface area (Å²) in [6.07, 6.45) is 6.01. The summed E-state index contributed by atoms with van der Waals surface area (Å²) in [6.45, 7) is 6.19. The van der Waals surface area contributed by atoms with Gasteiger partial charge in [-0.2, -0.15) is 0 Å². The number of rotatable bonds is 8. The summed E-state index contributed by atoms with van der Waals surface area (Å²) in [5, 5.41) is 4.22. The minimum absolute atomic E-state index is 0.0344. The molecule has 0 fully saturated rings. The third kappa shape index (κ3) is 4.63. The Hall–Kier alpha value is -3.78. The van der Waals surface area contributed by atoms with E-state index >= 15 is 0 Å². The molecule has 1 atom stereocenters. The smallest absolute Gasteiger partial charge is 0.250 e. The van der Waals surface area contributed by atoms with Crippen LogP contribution in [0.2, 0.25) is 0 Å². The fourth-order valence-corrected chi connectivity index (χ4v) is 4.03. The quantitative estimate of drug-likeness (QED) is 0.381. The predicted molar refractivity (Wildman–Crippen MR) is 134 cm³/mol. The van der Waals surface area contributed by atoms with Crippen molar-refractivity contribution in [2.75, 3.05) is 5.73 Å². The zero-order valence-corrected chi connectivity index (χ0v) is 19.7. The highest BCUT2D eigenvalue weighted by molar-refractivity contribution is 5.73. The van der Waals surface area contributed by atoms with E-state index in [0.29, 0.717) is 22.8 Å². The lowest BCUT2D eigenvalue weighted by Gasteiger charge is -2.17. The van der Waals surface area contributed by atoms with Crippen molar-refractivity contribution < 1.29 is 4.52 Å². The molecule has 1 aromatic carbocycles. The molecule has 0 radical (unpaired) electrons. The van der Waals surface area contributed by atoms with Gasteiger partial charge in [0.05, 0.1) is 11.9 Å². The maximum Gasteiger partial charge on any atom is 0.250 e. The number of benzene rings is 1. The molecule has 8 heteroatoms. The van der Waals surface area contributed by atoms with Crippen molar-refractivity contribution in [3.05, 3.63) is 70.8 Å². The van der Waals surface area contributed by atoms with Crippen LogP contribution in [0, 0.1) is 0 Å². The first-order valence-electron chi connectivity index (χ1n) is 11.6. The van der Waals surface area contributed by atoms with Crippen LogP contribution in [0.3, 0.4) is 0 Å². The average molecular weight is 459 g/mol. The summed E-state index contributed by atoms with van der Waals surface area (Å²) in [7, 11) is 0.